The molecule has 4 rings (SSSR count). The molecule has 1 amide bonds. The van der Waals surface area contributed by atoms with Crippen LogP contribution in [0.2, 0.25) is 0 Å². The first-order valence-electron chi connectivity index (χ1n) is 11.4. The monoisotopic (exact) mass is 444 g/mol. The van der Waals surface area contributed by atoms with Gasteiger partial charge in [-0.2, -0.15) is 0 Å². The second-order valence-corrected chi connectivity index (χ2v) is 8.48. The minimum absolute atomic E-state index is 0.00700. The number of aryl methyl sites for hydroxylation is 1. The fourth-order valence-electron chi connectivity index (χ4n) is 4.47. The largest absolute Gasteiger partial charge is 0.479 e. The summed E-state index contributed by atoms with van der Waals surface area (Å²) in [6, 6.07) is 18.7. The van der Waals surface area contributed by atoms with E-state index in [1.807, 2.05) is 30.3 Å². The zero-order chi connectivity index (χ0) is 23.2. The molecule has 1 aliphatic rings. The normalized spacial score (nSPS) is 14.4. The molecule has 0 fully saturated rings. The predicted molar refractivity (Wildman–Crippen MR) is 126 cm³/mol. The summed E-state index contributed by atoms with van der Waals surface area (Å²) in [5, 5.41) is 12.3. The van der Waals surface area contributed by atoms with Crippen molar-refractivity contribution < 1.29 is 14.7 Å². The van der Waals surface area contributed by atoms with E-state index in [1.165, 1.54) is 0 Å². The van der Waals surface area contributed by atoms with Crippen molar-refractivity contribution in [2.75, 3.05) is 0 Å². The highest BCUT2D eigenvalue weighted by Crippen LogP contribution is 2.22. The SMILES string of the molecule is O=C(N[C@@H](C(=O)O)c1ccccc1)c1cc2c(n(Cc3ccccc3)c1=O)CCCCCC2. The van der Waals surface area contributed by atoms with Crippen molar-refractivity contribution in [3.8, 4) is 0 Å². The molecular weight excluding hydrogens is 416 g/mol. The Labute approximate surface area is 192 Å². The van der Waals surface area contributed by atoms with Crippen LogP contribution in [0.15, 0.2) is 71.5 Å². The molecule has 1 heterocycles. The molecular formula is C27H28N2O4. The van der Waals surface area contributed by atoms with E-state index in [2.05, 4.69) is 5.32 Å². The molecule has 0 radical (unpaired) electrons. The Hall–Kier alpha value is -3.67. The number of benzene rings is 2. The molecule has 170 valence electrons. The lowest BCUT2D eigenvalue weighted by Gasteiger charge is -2.22. The maximum absolute atomic E-state index is 13.5. The second kappa shape index (κ2) is 10.3. The van der Waals surface area contributed by atoms with Crippen LogP contribution >= 0.6 is 0 Å². The maximum atomic E-state index is 13.5. The first-order valence-corrected chi connectivity index (χ1v) is 11.4. The van der Waals surface area contributed by atoms with E-state index >= 15 is 0 Å². The number of carboxylic acid groups (broad SMARTS) is 1. The number of hydrogen-bond acceptors (Lipinski definition) is 3. The number of rotatable bonds is 6. The number of carbonyl (C=O) groups is 2. The summed E-state index contributed by atoms with van der Waals surface area (Å²) in [6.07, 6.45) is 5.83. The molecule has 1 atom stereocenters. The predicted octanol–water partition coefficient (Wildman–Crippen LogP) is 4.11. The van der Waals surface area contributed by atoms with E-state index in [4.69, 9.17) is 0 Å². The lowest BCUT2D eigenvalue weighted by Crippen LogP contribution is -2.39. The Morgan fingerprint density at radius 1 is 0.909 bits per heavy atom. The minimum atomic E-state index is -1.23. The van der Waals surface area contributed by atoms with E-state index in [9.17, 15) is 19.5 Å². The van der Waals surface area contributed by atoms with E-state index in [0.29, 0.717) is 12.1 Å². The molecule has 1 aromatic heterocycles. The third kappa shape index (κ3) is 5.22. The van der Waals surface area contributed by atoms with Crippen molar-refractivity contribution in [2.24, 2.45) is 0 Å². The van der Waals surface area contributed by atoms with Crippen LogP contribution in [-0.4, -0.2) is 21.6 Å². The molecule has 0 saturated carbocycles. The average Bonchev–Trinajstić information content (AvgIpc) is 2.81. The van der Waals surface area contributed by atoms with Gasteiger partial charge in [-0.25, -0.2) is 4.79 Å². The number of carboxylic acids is 1. The van der Waals surface area contributed by atoms with Gasteiger partial charge in [-0.1, -0.05) is 73.5 Å². The zero-order valence-corrected chi connectivity index (χ0v) is 18.5. The standard InChI is InChI=1S/C27H28N2O4/c30-25(28-24(27(32)33)20-13-8-4-9-14-20)22-17-21-15-7-1-2-10-16-23(21)29(26(22)31)18-19-11-5-3-6-12-19/h3-6,8-9,11-14,17,24H,1-2,7,10,15-16,18H2,(H,28,30)(H,32,33)/t24-/m1/s1. The third-order valence-corrected chi connectivity index (χ3v) is 6.18. The number of nitrogens with zero attached hydrogens (tertiary/aromatic N) is 1. The third-order valence-electron chi connectivity index (χ3n) is 6.18. The Morgan fingerprint density at radius 3 is 2.21 bits per heavy atom. The zero-order valence-electron chi connectivity index (χ0n) is 18.5. The lowest BCUT2D eigenvalue weighted by atomic mass is 9.95. The van der Waals surface area contributed by atoms with Gasteiger partial charge in [0, 0.05) is 5.69 Å². The minimum Gasteiger partial charge on any atom is -0.479 e. The van der Waals surface area contributed by atoms with E-state index < -0.39 is 17.9 Å². The molecule has 0 saturated heterocycles. The summed E-state index contributed by atoms with van der Waals surface area (Å²) in [7, 11) is 0. The maximum Gasteiger partial charge on any atom is 0.330 e. The lowest BCUT2D eigenvalue weighted by molar-refractivity contribution is -0.139. The first kappa shape index (κ1) is 22.5. The quantitative estimate of drug-likeness (QED) is 0.599. The Balaban J connectivity index is 1.75. The van der Waals surface area contributed by atoms with Crippen LogP contribution in [-0.2, 0) is 24.2 Å². The van der Waals surface area contributed by atoms with Gasteiger partial charge in [-0.15, -0.1) is 0 Å². The number of fused-ring (bicyclic) bond motifs is 1. The highest BCUT2D eigenvalue weighted by Gasteiger charge is 2.26. The molecule has 6 heteroatoms. The van der Waals surface area contributed by atoms with Gasteiger partial charge in [0.05, 0.1) is 6.54 Å². The number of pyridine rings is 1. The average molecular weight is 445 g/mol. The summed E-state index contributed by atoms with van der Waals surface area (Å²) >= 11 is 0. The summed E-state index contributed by atoms with van der Waals surface area (Å²) in [5.74, 6) is -1.84. The summed E-state index contributed by atoms with van der Waals surface area (Å²) in [6.45, 7) is 0.379. The van der Waals surface area contributed by atoms with Crippen LogP contribution in [0.4, 0.5) is 0 Å². The van der Waals surface area contributed by atoms with Gasteiger partial charge >= 0.3 is 5.97 Å². The van der Waals surface area contributed by atoms with E-state index in [0.717, 1.165) is 55.3 Å². The Bertz CT molecular complexity index is 1190. The molecule has 2 N–H and O–H groups in total. The summed E-state index contributed by atoms with van der Waals surface area (Å²) in [5.41, 5.74) is 3.03. The highest BCUT2D eigenvalue weighted by molar-refractivity contribution is 5.96. The molecule has 3 aromatic rings. The van der Waals surface area contributed by atoms with Crippen molar-refractivity contribution in [3.05, 3.63) is 105 Å². The fraction of sp³-hybridized carbons (Fsp3) is 0.296. The molecule has 0 bridgehead atoms. The van der Waals surface area contributed by atoms with Crippen LogP contribution < -0.4 is 10.9 Å². The van der Waals surface area contributed by atoms with Crippen molar-refractivity contribution in [2.45, 2.75) is 51.1 Å². The molecule has 2 aromatic carbocycles. The number of aromatic nitrogens is 1. The smallest absolute Gasteiger partial charge is 0.330 e. The van der Waals surface area contributed by atoms with Crippen LogP contribution in [0.3, 0.4) is 0 Å². The van der Waals surface area contributed by atoms with Crippen molar-refractivity contribution in [1.29, 1.82) is 0 Å². The fourth-order valence-corrected chi connectivity index (χ4v) is 4.47. The Morgan fingerprint density at radius 2 is 1.55 bits per heavy atom. The van der Waals surface area contributed by atoms with Crippen LogP contribution in [0.25, 0.3) is 0 Å². The van der Waals surface area contributed by atoms with Crippen LogP contribution in [0.1, 0.15) is 64.5 Å². The number of carbonyl (C=O) groups excluding carboxylic acids is 1. The van der Waals surface area contributed by atoms with Gasteiger partial charge in [0.1, 0.15) is 5.56 Å². The van der Waals surface area contributed by atoms with Gasteiger partial charge in [0.2, 0.25) is 0 Å². The van der Waals surface area contributed by atoms with E-state index in [-0.39, 0.29) is 11.1 Å². The van der Waals surface area contributed by atoms with Crippen LogP contribution in [0, 0.1) is 0 Å². The van der Waals surface area contributed by atoms with Crippen molar-refractivity contribution >= 4 is 11.9 Å². The molecule has 6 nitrogen and oxygen atoms in total. The molecule has 0 aliphatic heterocycles. The summed E-state index contributed by atoms with van der Waals surface area (Å²) < 4.78 is 1.71. The summed E-state index contributed by atoms with van der Waals surface area (Å²) in [4.78, 5) is 38.6. The highest BCUT2D eigenvalue weighted by atomic mass is 16.4. The molecule has 33 heavy (non-hydrogen) atoms. The van der Waals surface area contributed by atoms with Crippen molar-refractivity contribution in [1.82, 2.24) is 9.88 Å². The number of hydrogen-bond donors (Lipinski definition) is 2. The van der Waals surface area contributed by atoms with Gasteiger partial charge in [0.15, 0.2) is 6.04 Å². The van der Waals surface area contributed by atoms with E-state index in [1.54, 1.807) is 41.0 Å². The van der Waals surface area contributed by atoms with Crippen LogP contribution in [0.5, 0.6) is 0 Å². The number of aliphatic carboxylic acids is 1. The van der Waals surface area contributed by atoms with Gasteiger partial charge in [0.25, 0.3) is 11.5 Å². The molecule has 1 aliphatic carbocycles. The molecule has 0 spiro atoms. The second-order valence-electron chi connectivity index (χ2n) is 8.48. The molecule has 0 unspecified atom stereocenters. The Kier molecular flexibility index (Phi) is 7.03. The number of amides is 1. The topological polar surface area (TPSA) is 88.4 Å². The first-order chi connectivity index (χ1) is 16.0. The number of nitrogens with one attached hydrogen (secondary N) is 1. The van der Waals surface area contributed by atoms with Crippen molar-refractivity contribution in [3.63, 3.8) is 0 Å². The van der Waals surface area contributed by atoms with Gasteiger partial charge in [-0.05, 0) is 48.4 Å². The van der Waals surface area contributed by atoms with Gasteiger partial charge < -0.3 is 15.0 Å². The van der Waals surface area contributed by atoms with Gasteiger partial charge in [-0.3, -0.25) is 9.59 Å².